The Morgan fingerprint density at radius 3 is 2.43 bits per heavy atom. The zero-order valence-electron chi connectivity index (χ0n) is 7.50. The number of hydrogen-bond donors (Lipinski definition) is 3. The van der Waals surface area contributed by atoms with Crippen molar-refractivity contribution in [3.8, 4) is 5.75 Å². The van der Waals surface area contributed by atoms with Gasteiger partial charge in [-0.2, -0.15) is 0 Å². The summed E-state index contributed by atoms with van der Waals surface area (Å²) in [6.45, 7) is 0.247. The molecule has 0 aliphatic carbocycles. The van der Waals surface area contributed by atoms with Crippen LogP contribution in [0.5, 0.6) is 5.75 Å². The van der Waals surface area contributed by atoms with Crippen molar-refractivity contribution >= 4 is 0 Å². The Hall–Kier alpha value is -1.20. The van der Waals surface area contributed by atoms with E-state index >= 15 is 0 Å². The first-order valence-corrected chi connectivity index (χ1v) is 4.20. The summed E-state index contributed by atoms with van der Waals surface area (Å²) in [4.78, 5) is 0. The Bertz CT molecular complexity index is 331. The van der Waals surface area contributed by atoms with Gasteiger partial charge in [0.25, 0.3) is 0 Å². The molecule has 1 aromatic carbocycles. The fourth-order valence-electron chi connectivity index (χ4n) is 1.23. The van der Waals surface area contributed by atoms with Crippen LogP contribution < -0.4 is 11.5 Å². The molecule has 1 atom stereocenters. The van der Waals surface area contributed by atoms with Gasteiger partial charge < -0.3 is 16.6 Å². The van der Waals surface area contributed by atoms with Gasteiger partial charge >= 0.3 is 0 Å². The molecule has 0 aliphatic heterocycles. The minimum absolute atomic E-state index is 0.213. The maximum Gasteiger partial charge on any atom is 0.165 e. The maximum atomic E-state index is 13.2. The zero-order valence-corrected chi connectivity index (χ0v) is 7.50. The van der Waals surface area contributed by atoms with Gasteiger partial charge in [-0.15, -0.1) is 0 Å². The van der Waals surface area contributed by atoms with Crippen LogP contribution in [0.25, 0.3) is 0 Å². The second kappa shape index (κ2) is 4.34. The Morgan fingerprint density at radius 2 is 1.86 bits per heavy atom. The summed E-state index contributed by atoms with van der Waals surface area (Å²) in [5.41, 5.74) is 10.5. The summed E-state index contributed by atoms with van der Waals surface area (Å²) in [5, 5.41) is 9.24. The molecule has 0 amide bonds. The van der Waals surface area contributed by atoms with E-state index in [4.69, 9.17) is 11.5 Å². The smallest absolute Gasteiger partial charge is 0.165 e. The van der Waals surface area contributed by atoms with E-state index in [0.29, 0.717) is 0 Å². The average molecular weight is 202 g/mol. The van der Waals surface area contributed by atoms with Gasteiger partial charge in [-0.3, -0.25) is 0 Å². The fourth-order valence-corrected chi connectivity index (χ4v) is 1.23. The van der Waals surface area contributed by atoms with E-state index in [0.717, 1.165) is 12.1 Å². The van der Waals surface area contributed by atoms with Gasteiger partial charge in [-0.1, -0.05) is 0 Å². The van der Waals surface area contributed by atoms with Crippen molar-refractivity contribution in [3.63, 3.8) is 0 Å². The molecule has 1 unspecified atom stereocenters. The fraction of sp³-hybridized carbons (Fsp3) is 0.333. The molecule has 0 radical (unpaired) electrons. The highest BCUT2D eigenvalue weighted by atomic mass is 19.1. The van der Waals surface area contributed by atoms with Crippen molar-refractivity contribution in [1.29, 1.82) is 0 Å². The first-order chi connectivity index (χ1) is 6.57. The van der Waals surface area contributed by atoms with Gasteiger partial charge in [0.2, 0.25) is 0 Å². The highest BCUT2D eigenvalue weighted by molar-refractivity contribution is 5.37. The lowest BCUT2D eigenvalue weighted by Gasteiger charge is -2.13. The normalized spacial score (nSPS) is 12.9. The lowest BCUT2D eigenvalue weighted by Crippen LogP contribution is -2.17. The molecule has 5 N–H and O–H groups in total. The Morgan fingerprint density at radius 1 is 1.29 bits per heavy atom. The van der Waals surface area contributed by atoms with Crippen LogP contribution in [-0.2, 0) is 0 Å². The van der Waals surface area contributed by atoms with Crippen molar-refractivity contribution in [2.75, 3.05) is 6.54 Å². The molecule has 14 heavy (non-hydrogen) atoms. The van der Waals surface area contributed by atoms with E-state index in [1.54, 1.807) is 0 Å². The van der Waals surface area contributed by atoms with E-state index in [9.17, 15) is 13.9 Å². The molecule has 0 spiro atoms. The predicted octanol–water partition coefficient (Wildman–Crippen LogP) is 1.02. The zero-order chi connectivity index (χ0) is 10.7. The van der Waals surface area contributed by atoms with E-state index < -0.39 is 23.4 Å². The van der Waals surface area contributed by atoms with Crippen LogP contribution >= 0.6 is 0 Å². The van der Waals surface area contributed by atoms with Crippen LogP contribution in [0.2, 0.25) is 0 Å². The summed E-state index contributed by atoms with van der Waals surface area (Å²) in [7, 11) is 0. The number of benzene rings is 1. The molecule has 0 saturated carbocycles. The van der Waals surface area contributed by atoms with Crippen LogP contribution in [0.3, 0.4) is 0 Å². The van der Waals surface area contributed by atoms with Gasteiger partial charge in [0.05, 0.1) is 0 Å². The summed E-state index contributed by atoms with van der Waals surface area (Å²) in [5.74, 6) is -2.33. The number of phenolic OH excluding ortho intramolecular Hbond substituents is 1. The Balaban J connectivity index is 3.11. The summed E-state index contributed by atoms with van der Waals surface area (Å²) in [6, 6.07) is 1.00. The maximum absolute atomic E-state index is 13.2. The van der Waals surface area contributed by atoms with Gasteiger partial charge in [0.15, 0.2) is 11.6 Å². The molecule has 1 aromatic rings. The molecular weight excluding hydrogens is 190 g/mol. The average Bonchev–Trinajstić information content (AvgIpc) is 2.13. The second-order valence-corrected chi connectivity index (χ2v) is 2.98. The lowest BCUT2D eigenvalue weighted by atomic mass is 10.0. The van der Waals surface area contributed by atoms with Crippen molar-refractivity contribution in [2.24, 2.45) is 11.5 Å². The van der Waals surface area contributed by atoms with Gasteiger partial charge in [-0.25, -0.2) is 8.78 Å². The Labute approximate surface area is 80.3 Å². The SMILES string of the molecule is NCCC(N)c1c(F)ccc(F)c1O. The van der Waals surface area contributed by atoms with Crippen molar-refractivity contribution in [2.45, 2.75) is 12.5 Å². The van der Waals surface area contributed by atoms with Crippen LogP contribution in [0.15, 0.2) is 12.1 Å². The molecule has 1 rings (SSSR count). The monoisotopic (exact) mass is 202 g/mol. The number of phenols is 1. The topological polar surface area (TPSA) is 72.3 Å². The first-order valence-electron chi connectivity index (χ1n) is 4.20. The Kier molecular flexibility index (Phi) is 3.38. The highest BCUT2D eigenvalue weighted by Crippen LogP contribution is 2.29. The molecule has 0 aromatic heterocycles. The third-order valence-electron chi connectivity index (χ3n) is 1.96. The summed E-state index contributed by atoms with van der Waals surface area (Å²) in [6.07, 6.45) is 0.286. The summed E-state index contributed by atoms with van der Waals surface area (Å²) < 4.78 is 26.0. The van der Waals surface area contributed by atoms with Crippen molar-refractivity contribution in [3.05, 3.63) is 29.3 Å². The van der Waals surface area contributed by atoms with E-state index in [1.165, 1.54) is 0 Å². The third kappa shape index (κ3) is 2.00. The summed E-state index contributed by atoms with van der Waals surface area (Å²) >= 11 is 0. The van der Waals surface area contributed by atoms with Crippen molar-refractivity contribution < 1.29 is 13.9 Å². The minimum atomic E-state index is -0.881. The third-order valence-corrected chi connectivity index (χ3v) is 1.96. The van der Waals surface area contributed by atoms with Gasteiger partial charge in [0.1, 0.15) is 5.82 Å². The van der Waals surface area contributed by atoms with E-state index in [2.05, 4.69) is 0 Å². The van der Waals surface area contributed by atoms with Gasteiger partial charge in [-0.05, 0) is 25.1 Å². The molecule has 3 nitrogen and oxygen atoms in total. The number of rotatable bonds is 3. The molecule has 0 fully saturated rings. The number of hydrogen-bond acceptors (Lipinski definition) is 3. The molecule has 0 aliphatic rings. The van der Waals surface area contributed by atoms with Gasteiger partial charge in [0, 0.05) is 11.6 Å². The van der Waals surface area contributed by atoms with Crippen LogP contribution in [0.1, 0.15) is 18.0 Å². The molecule has 0 bridgehead atoms. The second-order valence-electron chi connectivity index (χ2n) is 2.98. The molecule has 0 heterocycles. The van der Waals surface area contributed by atoms with Crippen LogP contribution in [-0.4, -0.2) is 11.7 Å². The first kappa shape index (κ1) is 10.9. The lowest BCUT2D eigenvalue weighted by molar-refractivity contribution is 0.408. The van der Waals surface area contributed by atoms with E-state index in [-0.39, 0.29) is 18.5 Å². The molecule has 0 saturated heterocycles. The standard InChI is InChI=1S/C9H12F2N2O/c10-5-1-2-6(11)9(14)8(5)7(13)3-4-12/h1-2,7,14H,3-4,12-13H2. The predicted molar refractivity (Wildman–Crippen MR) is 48.6 cm³/mol. The van der Waals surface area contributed by atoms with Crippen molar-refractivity contribution in [1.82, 2.24) is 0 Å². The largest absolute Gasteiger partial charge is 0.505 e. The highest BCUT2D eigenvalue weighted by Gasteiger charge is 2.18. The quantitative estimate of drug-likeness (QED) is 0.685. The molecular formula is C9H12F2N2O. The van der Waals surface area contributed by atoms with Crippen LogP contribution in [0, 0.1) is 11.6 Å². The number of nitrogens with two attached hydrogens (primary N) is 2. The molecule has 5 heteroatoms. The minimum Gasteiger partial charge on any atom is -0.505 e. The van der Waals surface area contributed by atoms with E-state index in [1.807, 2.05) is 0 Å². The number of halogens is 2. The number of aromatic hydroxyl groups is 1. The molecule has 78 valence electrons. The van der Waals surface area contributed by atoms with Crippen LogP contribution in [0.4, 0.5) is 8.78 Å².